The number of benzene rings is 2. The van der Waals surface area contributed by atoms with E-state index in [1.54, 1.807) is 45.0 Å². The smallest absolute Gasteiger partial charge is 0.246 e. The Labute approximate surface area is 199 Å². The van der Waals surface area contributed by atoms with Gasteiger partial charge in [0, 0.05) is 37.9 Å². The number of ether oxygens (including phenoxy) is 3. The number of methoxy groups -OCH3 is 3. The number of carbonyl (C=O) groups is 2. The third-order valence-corrected chi connectivity index (χ3v) is 5.23. The van der Waals surface area contributed by atoms with E-state index in [9.17, 15) is 9.59 Å². The van der Waals surface area contributed by atoms with Gasteiger partial charge in [0.15, 0.2) is 11.5 Å². The van der Waals surface area contributed by atoms with Crippen molar-refractivity contribution >= 4 is 17.8 Å². The highest BCUT2D eigenvalue weighted by molar-refractivity contribution is 5.93. The predicted octanol–water partition coefficient (Wildman–Crippen LogP) is 3.38. The van der Waals surface area contributed by atoms with E-state index in [-0.39, 0.29) is 18.4 Å². The van der Waals surface area contributed by atoms with Crippen molar-refractivity contribution < 1.29 is 23.8 Å². The summed E-state index contributed by atoms with van der Waals surface area (Å²) in [5.41, 5.74) is 2.31. The molecule has 1 N–H and O–H groups in total. The fourth-order valence-electron chi connectivity index (χ4n) is 3.44. The largest absolute Gasteiger partial charge is 0.493 e. The minimum Gasteiger partial charge on any atom is -0.493 e. The molecule has 0 spiro atoms. The molecule has 3 rings (SSSR count). The van der Waals surface area contributed by atoms with Gasteiger partial charge in [-0.1, -0.05) is 37.3 Å². The molecule has 1 aromatic heterocycles. The van der Waals surface area contributed by atoms with Crippen LogP contribution in [0.5, 0.6) is 11.5 Å². The molecular weight excluding hydrogens is 436 g/mol. The maximum absolute atomic E-state index is 12.9. The first-order chi connectivity index (χ1) is 16.5. The van der Waals surface area contributed by atoms with Gasteiger partial charge in [0.05, 0.1) is 32.2 Å². The molecule has 180 valence electrons. The summed E-state index contributed by atoms with van der Waals surface area (Å²) in [6.45, 7) is 2.33. The Balaban J connectivity index is 1.95. The first kappa shape index (κ1) is 24.8. The highest BCUT2D eigenvalue weighted by atomic mass is 16.5. The first-order valence-electron chi connectivity index (χ1n) is 10.9. The van der Waals surface area contributed by atoms with Crippen LogP contribution in [0, 0.1) is 0 Å². The second kappa shape index (κ2) is 11.9. The van der Waals surface area contributed by atoms with E-state index in [1.165, 1.54) is 4.90 Å². The Morgan fingerprint density at radius 1 is 1.03 bits per heavy atom. The lowest BCUT2D eigenvalue weighted by Gasteiger charge is -2.21. The lowest BCUT2D eigenvalue weighted by atomic mass is 10.2. The third kappa shape index (κ3) is 5.93. The van der Waals surface area contributed by atoms with Crippen molar-refractivity contribution in [3.05, 3.63) is 54.7 Å². The van der Waals surface area contributed by atoms with Crippen LogP contribution in [0.25, 0.3) is 16.9 Å². The van der Waals surface area contributed by atoms with Crippen LogP contribution in [-0.2, 0) is 14.3 Å². The number of anilines is 1. The zero-order chi connectivity index (χ0) is 24.5. The van der Waals surface area contributed by atoms with Gasteiger partial charge in [0.1, 0.15) is 6.54 Å². The Bertz CT molecular complexity index is 1110. The fraction of sp³-hybridized carbons (Fsp3) is 0.320. The zero-order valence-electron chi connectivity index (χ0n) is 19.9. The molecule has 1 heterocycles. The van der Waals surface area contributed by atoms with Crippen LogP contribution >= 0.6 is 0 Å². The van der Waals surface area contributed by atoms with Crippen molar-refractivity contribution in [1.82, 2.24) is 14.5 Å². The van der Waals surface area contributed by atoms with Crippen molar-refractivity contribution in [2.45, 2.75) is 13.3 Å². The van der Waals surface area contributed by atoms with Crippen LogP contribution < -0.4 is 14.8 Å². The third-order valence-electron chi connectivity index (χ3n) is 5.23. The van der Waals surface area contributed by atoms with Crippen LogP contribution in [0.4, 0.5) is 5.95 Å². The molecule has 0 fully saturated rings. The van der Waals surface area contributed by atoms with E-state index < -0.39 is 0 Å². The number of nitrogens with zero attached hydrogens (tertiary/aromatic N) is 3. The Hall–Kier alpha value is -3.85. The minimum absolute atomic E-state index is 0.102. The molecule has 0 aliphatic heterocycles. The highest BCUT2D eigenvalue weighted by Gasteiger charge is 2.19. The topological polar surface area (TPSA) is 94.9 Å². The minimum atomic E-state index is -0.357. The average Bonchev–Trinajstić information content (AvgIpc) is 3.29. The fourth-order valence-corrected chi connectivity index (χ4v) is 3.44. The van der Waals surface area contributed by atoms with Gasteiger partial charge < -0.3 is 19.1 Å². The molecule has 0 atom stereocenters. The van der Waals surface area contributed by atoms with Crippen LogP contribution in [0.2, 0.25) is 0 Å². The van der Waals surface area contributed by atoms with E-state index in [0.29, 0.717) is 42.7 Å². The molecule has 2 aromatic carbocycles. The summed E-state index contributed by atoms with van der Waals surface area (Å²) in [6.07, 6.45) is 2.14. The maximum Gasteiger partial charge on any atom is 0.246 e. The highest BCUT2D eigenvalue weighted by Crippen LogP contribution is 2.31. The molecule has 0 radical (unpaired) electrons. The summed E-state index contributed by atoms with van der Waals surface area (Å²) in [6, 6.07) is 15.1. The lowest BCUT2D eigenvalue weighted by molar-refractivity contribution is -0.135. The number of nitrogens with one attached hydrogen (secondary N) is 1. The lowest BCUT2D eigenvalue weighted by Crippen LogP contribution is -2.39. The first-order valence-corrected chi connectivity index (χ1v) is 10.9. The summed E-state index contributed by atoms with van der Waals surface area (Å²) >= 11 is 0. The quantitative estimate of drug-likeness (QED) is 0.466. The number of hydrogen-bond donors (Lipinski definition) is 1. The molecule has 9 heteroatoms. The SMILES string of the molecule is CCC(=O)N(CCOC)CC(=O)Nc1nc(-c2ccccc2)cn1-c1ccc(OC)c(OC)c1. The summed E-state index contributed by atoms with van der Waals surface area (Å²) in [7, 11) is 4.69. The molecule has 0 aliphatic carbocycles. The van der Waals surface area contributed by atoms with Crippen LogP contribution in [-0.4, -0.2) is 67.3 Å². The standard InChI is InChI=1S/C25H30N4O5/c1-5-24(31)28(13-14-32-2)17-23(30)27-25-26-20(18-9-7-6-8-10-18)16-29(25)19-11-12-21(33-3)22(15-19)34-4/h6-12,15-16H,5,13-14,17H2,1-4H3,(H,26,27,30). The number of amides is 2. The van der Waals surface area contributed by atoms with Crippen molar-refractivity contribution in [3.8, 4) is 28.4 Å². The van der Waals surface area contributed by atoms with Gasteiger partial charge in [0.2, 0.25) is 17.8 Å². The predicted molar refractivity (Wildman–Crippen MR) is 129 cm³/mol. The van der Waals surface area contributed by atoms with E-state index >= 15 is 0 Å². The van der Waals surface area contributed by atoms with Crippen molar-refractivity contribution in [2.75, 3.05) is 46.3 Å². The van der Waals surface area contributed by atoms with Gasteiger partial charge >= 0.3 is 0 Å². The number of imidazole rings is 1. The molecule has 0 saturated heterocycles. The van der Waals surface area contributed by atoms with Gasteiger partial charge in [-0.2, -0.15) is 0 Å². The summed E-state index contributed by atoms with van der Waals surface area (Å²) in [5, 5.41) is 2.86. The Kier molecular flexibility index (Phi) is 8.64. The van der Waals surface area contributed by atoms with Gasteiger partial charge in [-0.05, 0) is 12.1 Å². The monoisotopic (exact) mass is 466 g/mol. The molecule has 0 aliphatic rings. The number of carbonyl (C=O) groups excluding carboxylic acids is 2. The molecule has 3 aromatic rings. The molecule has 2 amide bonds. The second-order valence-electron chi connectivity index (χ2n) is 7.43. The number of aromatic nitrogens is 2. The van der Waals surface area contributed by atoms with Crippen LogP contribution in [0.1, 0.15) is 13.3 Å². The van der Waals surface area contributed by atoms with Crippen LogP contribution in [0.15, 0.2) is 54.7 Å². The molecule has 34 heavy (non-hydrogen) atoms. The summed E-state index contributed by atoms with van der Waals surface area (Å²) in [4.78, 5) is 31.3. The normalized spacial score (nSPS) is 10.6. The molecule has 0 bridgehead atoms. The summed E-state index contributed by atoms with van der Waals surface area (Å²) < 4.78 is 17.6. The van der Waals surface area contributed by atoms with Crippen LogP contribution in [0.3, 0.4) is 0 Å². The zero-order valence-corrected chi connectivity index (χ0v) is 19.9. The number of rotatable bonds is 11. The summed E-state index contributed by atoms with van der Waals surface area (Å²) in [5.74, 6) is 0.982. The van der Waals surface area contributed by atoms with E-state index in [4.69, 9.17) is 14.2 Å². The average molecular weight is 467 g/mol. The Morgan fingerprint density at radius 2 is 1.76 bits per heavy atom. The van der Waals surface area contributed by atoms with Crippen molar-refractivity contribution in [2.24, 2.45) is 0 Å². The molecule has 0 saturated carbocycles. The molecule has 0 unspecified atom stereocenters. The number of hydrogen-bond acceptors (Lipinski definition) is 6. The van der Waals surface area contributed by atoms with Crippen molar-refractivity contribution in [3.63, 3.8) is 0 Å². The molecular formula is C25H30N4O5. The van der Waals surface area contributed by atoms with E-state index in [1.807, 2.05) is 42.6 Å². The maximum atomic E-state index is 12.9. The van der Waals surface area contributed by atoms with E-state index in [2.05, 4.69) is 10.3 Å². The molecule has 9 nitrogen and oxygen atoms in total. The Morgan fingerprint density at radius 3 is 2.41 bits per heavy atom. The van der Waals surface area contributed by atoms with Crippen molar-refractivity contribution in [1.29, 1.82) is 0 Å². The second-order valence-corrected chi connectivity index (χ2v) is 7.43. The van der Waals surface area contributed by atoms with Gasteiger partial charge in [-0.15, -0.1) is 0 Å². The van der Waals surface area contributed by atoms with Gasteiger partial charge in [-0.3, -0.25) is 19.5 Å². The van der Waals surface area contributed by atoms with Gasteiger partial charge in [0.25, 0.3) is 0 Å². The van der Waals surface area contributed by atoms with Gasteiger partial charge in [-0.25, -0.2) is 4.98 Å². The van der Waals surface area contributed by atoms with E-state index in [0.717, 1.165) is 11.3 Å².